The Balaban J connectivity index is 2.14. The minimum absolute atomic E-state index is 0.0464. The summed E-state index contributed by atoms with van der Waals surface area (Å²) < 4.78 is 0. The minimum atomic E-state index is 0.0464. The molecule has 0 spiro atoms. The number of nitrogens with one attached hydrogen (secondary N) is 1. The number of nitrogens with zero attached hydrogens (tertiary/aromatic N) is 2. The summed E-state index contributed by atoms with van der Waals surface area (Å²) in [6.07, 6.45) is 2.76. The lowest BCUT2D eigenvalue weighted by Gasteiger charge is -2.29. The normalized spacial score (nSPS) is 15.7. The summed E-state index contributed by atoms with van der Waals surface area (Å²) in [5, 5.41) is 3.45. The zero-order chi connectivity index (χ0) is 14.0. The summed E-state index contributed by atoms with van der Waals surface area (Å²) in [6, 6.07) is 6.76. The van der Waals surface area contributed by atoms with Crippen LogP contribution in [-0.2, 0) is 0 Å². The first-order valence-corrected chi connectivity index (χ1v) is 7.37. The van der Waals surface area contributed by atoms with Crippen LogP contribution in [0.2, 0.25) is 0 Å². The van der Waals surface area contributed by atoms with E-state index in [0.717, 1.165) is 24.1 Å². The summed E-state index contributed by atoms with van der Waals surface area (Å²) in [5.74, 6) is 2.94. The fourth-order valence-corrected chi connectivity index (χ4v) is 2.18. The lowest BCUT2D eigenvalue weighted by Crippen LogP contribution is -2.34. The molecule has 0 aromatic carbocycles. The van der Waals surface area contributed by atoms with Crippen molar-refractivity contribution in [3.63, 3.8) is 0 Å². The van der Waals surface area contributed by atoms with Gasteiger partial charge in [0.25, 0.3) is 0 Å². The lowest BCUT2D eigenvalue weighted by molar-refractivity contribution is 0.623. The third-order valence-electron chi connectivity index (χ3n) is 3.31. The lowest BCUT2D eigenvalue weighted by atomic mass is 10.1. The molecule has 0 amide bonds. The second-order valence-corrected chi connectivity index (χ2v) is 6.95. The molecule has 3 heteroatoms. The van der Waals surface area contributed by atoms with E-state index in [4.69, 9.17) is 4.98 Å². The van der Waals surface area contributed by atoms with Crippen LogP contribution in [0, 0.1) is 5.92 Å². The van der Waals surface area contributed by atoms with Gasteiger partial charge in [-0.15, -0.1) is 0 Å². The molecule has 0 atom stereocenters. The van der Waals surface area contributed by atoms with Gasteiger partial charge in [0.1, 0.15) is 11.6 Å². The van der Waals surface area contributed by atoms with E-state index < -0.39 is 0 Å². The van der Waals surface area contributed by atoms with Crippen LogP contribution in [0.25, 0.3) is 0 Å². The third-order valence-corrected chi connectivity index (χ3v) is 3.31. The summed E-state index contributed by atoms with van der Waals surface area (Å²) in [6.45, 7) is 12.1. The van der Waals surface area contributed by atoms with Crippen molar-refractivity contribution in [2.75, 3.05) is 16.8 Å². The molecular weight excluding hydrogens is 234 g/mol. The molecule has 0 bridgehead atoms. The van der Waals surface area contributed by atoms with Gasteiger partial charge >= 0.3 is 0 Å². The average molecular weight is 261 g/mol. The van der Waals surface area contributed by atoms with Gasteiger partial charge in [0.2, 0.25) is 0 Å². The monoisotopic (exact) mass is 261 g/mol. The Morgan fingerprint density at radius 1 is 1.32 bits per heavy atom. The average Bonchev–Trinajstić information content (AvgIpc) is 3.07. The van der Waals surface area contributed by atoms with Gasteiger partial charge in [-0.2, -0.15) is 0 Å². The first-order chi connectivity index (χ1) is 8.85. The second-order valence-electron chi connectivity index (χ2n) is 6.95. The van der Waals surface area contributed by atoms with Crippen LogP contribution >= 0.6 is 0 Å². The first-order valence-electron chi connectivity index (χ1n) is 7.37. The summed E-state index contributed by atoms with van der Waals surface area (Å²) in [5.41, 5.74) is 0.0464. The minimum Gasteiger partial charge on any atom is -0.365 e. The van der Waals surface area contributed by atoms with Crippen molar-refractivity contribution in [2.45, 2.75) is 59.0 Å². The number of pyridine rings is 1. The number of aromatic nitrogens is 1. The van der Waals surface area contributed by atoms with Crippen LogP contribution < -0.4 is 10.2 Å². The number of hydrogen-bond donors (Lipinski definition) is 1. The second kappa shape index (κ2) is 5.40. The predicted octanol–water partition coefficient (Wildman–Crippen LogP) is 3.92. The van der Waals surface area contributed by atoms with Crippen molar-refractivity contribution in [3.05, 3.63) is 18.2 Å². The molecule has 1 aromatic heterocycles. The molecule has 0 unspecified atom stereocenters. The van der Waals surface area contributed by atoms with Crippen LogP contribution in [0.1, 0.15) is 47.5 Å². The number of anilines is 2. The third kappa shape index (κ3) is 4.41. The van der Waals surface area contributed by atoms with E-state index in [-0.39, 0.29) is 5.54 Å². The van der Waals surface area contributed by atoms with E-state index >= 15 is 0 Å². The quantitative estimate of drug-likeness (QED) is 0.871. The molecule has 1 saturated carbocycles. The van der Waals surface area contributed by atoms with Crippen molar-refractivity contribution in [1.29, 1.82) is 0 Å². The SMILES string of the molecule is CC(C)N(CC1CC1)c1cccc(NC(C)(C)C)n1. The Hall–Kier alpha value is -1.25. The van der Waals surface area contributed by atoms with Crippen LogP contribution in [0.5, 0.6) is 0 Å². The zero-order valence-electron chi connectivity index (χ0n) is 12.9. The highest BCUT2D eigenvalue weighted by molar-refractivity contribution is 5.48. The Kier molecular flexibility index (Phi) is 4.02. The molecule has 1 N–H and O–H groups in total. The fraction of sp³-hybridized carbons (Fsp3) is 0.688. The maximum atomic E-state index is 4.78. The Morgan fingerprint density at radius 3 is 2.53 bits per heavy atom. The van der Waals surface area contributed by atoms with E-state index in [1.165, 1.54) is 12.8 Å². The maximum Gasteiger partial charge on any atom is 0.131 e. The molecule has 0 radical (unpaired) electrons. The number of hydrogen-bond acceptors (Lipinski definition) is 3. The Morgan fingerprint density at radius 2 is 2.00 bits per heavy atom. The topological polar surface area (TPSA) is 28.2 Å². The highest BCUT2D eigenvalue weighted by atomic mass is 15.2. The zero-order valence-corrected chi connectivity index (χ0v) is 12.9. The van der Waals surface area contributed by atoms with Gasteiger partial charge in [0.15, 0.2) is 0 Å². The molecule has 1 aliphatic carbocycles. The van der Waals surface area contributed by atoms with Crippen molar-refractivity contribution in [3.8, 4) is 0 Å². The first kappa shape index (κ1) is 14.2. The van der Waals surface area contributed by atoms with E-state index in [2.05, 4.69) is 57.0 Å². The van der Waals surface area contributed by atoms with Crippen LogP contribution in [-0.4, -0.2) is 23.1 Å². The van der Waals surface area contributed by atoms with E-state index in [0.29, 0.717) is 6.04 Å². The molecule has 1 fully saturated rings. The Bertz CT molecular complexity index is 416. The standard InChI is InChI=1S/C16H27N3/c1-12(2)19(11-13-9-10-13)15-8-6-7-14(17-15)18-16(3,4)5/h6-8,12-13H,9-11H2,1-5H3,(H,17,18). The van der Waals surface area contributed by atoms with E-state index in [1.54, 1.807) is 0 Å². The maximum absolute atomic E-state index is 4.78. The van der Waals surface area contributed by atoms with Gasteiger partial charge in [-0.3, -0.25) is 0 Å². The van der Waals surface area contributed by atoms with Gasteiger partial charge in [0, 0.05) is 18.1 Å². The van der Waals surface area contributed by atoms with E-state index in [1.807, 2.05) is 6.07 Å². The fourth-order valence-electron chi connectivity index (χ4n) is 2.18. The van der Waals surface area contributed by atoms with E-state index in [9.17, 15) is 0 Å². The van der Waals surface area contributed by atoms with Crippen LogP contribution in [0.15, 0.2) is 18.2 Å². The van der Waals surface area contributed by atoms with Gasteiger partial charge in [-0.05, 0) is 65.5 Å². The van der Waals surface area contributed by atoms with Gasteiger partial charge in [-0.1, -0.05) is 6.07 Å². The molecule has 106 valence electrons. The van der Waals surface area contributed by atoms with Crippen molar-refractivity contribution in [1.82, 2.24) is 4.98 Å². The molecular formula is C16H27N3. The molecule has 1 aromatic rings. The molecule has 1 aliphatic rings. The molecule has 0 aliphatic heterocycles. The smallest absolute Gasteiger partial charge is 0.131 e. The largest absolute Gasteiger partial charge is 0.365 e. The van der Waals surface area contributed by atoms with Crippen LogP contribution in [0.3, 0.4) is 0 Å². The molecule has 0 saturated heterocycles. The molecule has 3 nitrogen and oxygen atoms in total. The Labute approximate surface area is 117 Å². The molecule has 19 heavy (non-hydrogen) atoms. The van der Waals surface area contributed by atoms with Crippen molar-refractivity contribution in [2.24, 2.45) is 5.92 Å². The summed E-state index contributed by atoms with van der Waals surface area (Å²) in [7, 11) is 0. The van der Waals surface area contributed by atoms with Gasteiger partial charge < -0.3 is 10.2 Å². The number of rotatable bonds is 5. The molecule has 2 rings (SSSR count). The summed E-state index contributed by atoms with van der Waals surface area (Å²) >= 11 is 0. The van der Waals surface area contributed by atoms with Gasteiger partial charge in [-0.25, -0.2) is 4.98 Å². The summed E-state index contributed by atoms with van der Waals surface area (Å²) in [4.78, 5) is 7.20. The van der Waals surface area contributed by atoms with Crippen LogP contribution in [0.4, 0.5) is 11.6 Å². The molecule has 1 heterocycles. The van der Waals surface area contributed by atoms with Crippen molar-refractivity contribution < 1.29 is 0 Å². The van der Waals surface area contributed by atoms with Gasteiger partial charge in [0.05, 0.1) is 0 Å². The predicted molar refractivity (Wildman–Crippen MR) is 82.8 cm³/mol. The highest BCUT2D eigenvalue weighted by Gasteiger charge is 2.26. The highest BCUT2D eigenvalue weighted by Crippen LogP contribution is 2.32. The van der Waals surface area contributed by atoms with Crippen molar-refractivity contribution >= 4 is 11.6 Å².